The van der Waals surface area contributed by atoms with Gasteiger partial charge in [-0.1, -0.05) is 44.5 Å². The molecule has 1 radical (unpaired) electrons. The quantitative estimate of drug-likeness (QED) is 0.529. The Morgan fingerprint density at radius 3 is 2.18 bits per heavy atom. The predicted octanol–water partition coefficient (Wildman–Crippen LogP) is 3.09. The Hall–Kier alpha value is -0.780. The number of hydrogen-bond donors (Lipinski definition) is 0. The zero-order valence-electron chi connectivity index (χ0n) is 7.73. The molecule has 59 valence electrons. The third-order valence-corrected chi connectivity index (χ3v) is 1.80. The van der Waals surface area contributed by atoms with Gasteiger partial charge in [-0.3, -0.25) is 0 Å². The first-order valence-electron chi connectivity index (χ1n) is 3.98. The minimum Gasteiger partial charge on any atom is -0.0561 e. The van der Waals surface area contributed by atoms with Crippen molar-refractivity contribution in [2.45, 2.75) is 33.1 Å². The van der Waals surface area contributed by atoms with E-state index >= 15 is 0 Å². The molecule has 0 spiro atoms. The molecule has 1 aromatic rings. The lowest BCUT2D eigenvalue weighted by Crippen LogP contribution is -2.10. The van der Waals surface area contributed by atoms with Crippen LogP contribution < -0.4 is 0 Å². The van der Waals surface area contributed by atoms with Crippen LogP contribution in [0.25, 0.3) is 0 Å². The monoisotopic (exact) mass is 147 g/mol. The molecule has 0 atom stereocenters. The van der Waals surface area contributed by atoms with Crippen LogP contribution in [0.2, 0.25) is 0 Å². The van der Waals surface area contributed by atoms with E-state index in [-0.39, 0.29) is 5.41 Å². The highest BCUT2D eigenvalue weighted by molar-refractivity contribution is 5.26. The third kappa shape index (κ3) is 2.07. The van der Waals surface area contributed by atoms with Gasteiger partial charge in [-0.15, -0.1) is 0 Å². The third-order valence-electron chi connectivity index (χ3n) is 1.80. The average Bonchev–Trinajstić information content (AvgIpc) is 1.86. The van der Waals surface area contributed by atoms with E-state index in [1.807, 2.05) is 6.07 Å². The molecule has 0 aliphatic rings. The SMILES string of the molecule is Cc1c[c]cc(C(C)(C)C)c1. The number of aryl methyl sites for hydroxylation is 1. The fraction of sp³-hybridized carbons (Fsp3) is 0.455. The topological polar surface area (TPSA) is 0 Å². The first kappa shape index (κ1) is 8.32. The summed E-state index contributed by atoms with van der Waals surface area (Å²) in [5.74, 6) is 0. The van der Waals surface area contributed by atoms with Crippen LogP contribution in [-0.4, -0.2) is 0 Å². The van der Waals surface area contributed by atoms with Crippen molar-refractivity contribution in [2.24, 2.45) is 0 Å². The summed E-state index contributed by atoms with van der Waals surface area (Å²) in [6.45, 7) is 8.76. The van der Waals surface area contributed by atoms with Crippen LogP contribution in [0.1, 0.15) is 31.9 Å². The second-order valence-electron chi connectivity index (χ2n) is 4.05. The Labute approximate surface area is 69.3 Å². The molecular weight excluding hydrogens is 132 g/mol. The summed E-state index contributed by atoms with van der Waals surface area (Å²) in [5.41, 5.74) is 2.90. The fourth-order valence-electron chi connectivity index (χ4n) is 1.02. The maximum Gasteiger partial charge on any atom is -0.0132 e. The average molecular weight is 147 g/mol. The Bertz CT molecular complexity index is 240. The molecule has 0 fully saturated rings. The zero-order valence-corrected chi connectivity index (χ0v) is 7.73. The largest absolute Gasteiger partial charge is 0.0561 e. The Kier molecular flexibility index (Phi) is 2.03. The molecule has 1 rings (SSSR count). The molecule has 0 unspecified atom stereocenters. The summed E-state index contributed by atoms with van der Waals surface area (Å²) in [4.78, 5) is 0. The molecule has 0 bridgehead atoms. The molecule has 0 amide bonds. The number of rotatable bonds is 0. The highest BCUT2D eigenvalue weighted by Gasteiger charge is 2.12. The van der Waals surface area contributed by atoms with Crippen LogP contribution in [-0.2, 0) is 5.41 Å². The van der Waals surface area contributed by atoms with Gasteiger partial charge in [0.1, 0.15) is 0 Å². The van der Waals surface area contributed by atoms with E-state index < -0.39 is 0 Å². The van der Waals surface area contributed by atoms with E-state index in [0.717, 1.165) is 0 Å². The van der Waals surface area contributed by atoms with E-state index in [2.05, 4.69) is 45.9 Å². The van der Waals surface area contributed by atoms with Gasteiger partial charge in [-0.25, -0.2) is 0 Å². The first-order chi connectivity index (χ1) is 5.00. The van der Waals surface area contributed by atoms with Gasteiger partial charge in [0.25, 0.3) is 0 Å². The molecule has 0 heterocycles. The van der Waals surface area contributed by atoms with Crippen molar-refractivity contribution in [1.29, 1.82) is 0 Å². The van der Waals surface area contributed by atoms with E-state index in [1.54, 1.807) is 0 Å². The highest BCUT2D eigenvalue weighted by atomic mass is 14.2. The van der Waals surface area contributed by atoms with Crippen molar-refractivity contribution in [2.75, 3.05) is 0 Å². The summed E-state index contributed by atoms with van der Waals surface area (Å²) in [5, 5.41) is 0. The molecule has 0 nitrogen and oxygen atoms in total. The van der Waals surface area contributed by atoms with Crippen LogP contribution in [0.15, 0.2) is 18.2 Å². The molecular formula is C11H15. The number of benzene rings is 1. The smallest absolute Gasteiger partial charge is 0.0132 e. The Morgan fingerprint density at radius 2 is 1.82 bits per heavy atom. The highest BCUT2D eigenvalue weighted by Crippen LogP contribution is 2.21. The van der Waals surface area contributed by atoms with Crippen LogP contribution >= 0.6 is 0 Å². The van der Waals surface area contributed by atoms with E-state index in [9.17, 15) is 0 Å². The van der Waals surface area contributed by atoms with Gasteiger partial charge in [0.05, 0.1) is 0 Å². The van der Waals surface area contributed by atoms with Crippen molar-refractivity contribution in [3.05, 3.63) is 35.4 Å². The lowest BCUT2D eigenvalue weighted by Gasteiger charge is -2.18. The lowest BCUT2D eigenvalue weighted by atomic mass is 9.86. The molecule has 0 aliphatic heterocycles. The molecule has 0 saturated heterocycles. The maximum absolute atomic E-state index is 3.14. The molecule has 0 aromatic heterocycles. The van der Waals surface area contributed by atoms with E-state index in [0.29, 0.717) is 0 Å². The van der Waals surface area contributed by atoms with Crippen LogP contribution in [0.4, 0.5) is 0 Å². The van der Waals surface area contributed by atoms with Gasteiger partial charge >= 0.3 is 0 Å². The van der Waals surface area contributed by atoms with Gasteiger partial charge in [0.15, 0.2) is 0 Å². The summed E-state index contributed by atoms with van der Waals surface area (Å²) >= 11 is 0. The summed E-state index contributed by atoms with van der Waals surface area (Å²) in [7, 11) is 0. The molecule has 0 aliphatic carbocycles. The predicted molar refractivity (Wildman–Crippen MR) is 48.7 cm³/mol. The molecule has 0 heteroatoms. The Morgan fingerprint density at radius 1 is 1.18 bits per heavy atom. The van der Waals surface area contributed by atoms with E-state index in [1.165, 1.54) is 11.1 Å². The van der Waals surface area contributed by atoms with Gasteiger partial charge in [0, 0.05) is 0 Å². The van der Waals surface area contributed by atoms with Gasteiger partial charge < -0.3 is 0 Å². The first-order valence-corrected chi connectivity index (χ1v) is 3.98. The van der Waals surface area contributed by atoms with Crippen molar-refractivity contribution >= 4 is 0 Å². The van der Waals surface area contributed by atoms with Gasteiger partial charge in [-0.2, -0.15) is 0 Å². The second kappa shape index (κ2) is 2.69. The second-order valence-corrected chi connectivity index (χ2v) is 4.05. The van der Waals surface area contributed by atoms with Crippen molar-refractivity contribution in [1.82, 2.24) is 0 Å². The Balaban J connectivity index is 3.06. The van der Waals surface area contributed by atoms with Crippen LogP contribution in [0, 0.1) is 13.0 Å². The molecule has 0 saturated carbocycles. The van der Waals surface area contributed by atoms with Crippen LogP contribution in [0.5, 0.6) is 0 Å². The van der Waals surface area contributed by atoms with Crippen molar-refractivity contribution < 1.29 is 0 Å². The minimum absolute atomic E-state index is 0.252. The minimum atomic E-state index is 0.252. The maximum atomic E-state index is 3.14. The van der Waals surface area contributed by atoms with E-state index in [4.69, 9.17) is 0 Å². The normalized spacial score (nSPS) is 11.6. The fourth-order valence-corrected chi connectivity index (χ4v) is 1.02. The summed E-state index contributed by atoms with van der Waals surface area (Å²) in [6, 6.07) is 9.43. The molecule has 0 N–H and O–H groups in total. The number of hydrogen-bond acceptors (Lipinski definition) is 0. The molecule has 11 heavy (non-hydrogen) atoms. The van der Waals surface area contributed by atoms with Crippen molar-refractivity contribution in [3.63, 3.8) is 0 Å². The van der Waals surface area contributed by atoms with Gasteiger partial charge in [0.2, 0.25) is 0 Å². The summed E-state index contributed by atoms with van der Waals surface area (Å²) in [6.07, 6.45) is 0. The summed E-state index contributed by atoms with van der Waals surface area (Å²) < 4.78 is 0. The molecule has 1 aromatic carbocycles. The standard InChI is InChI=1S/C11H15/c1-9-6-5-7-10(8-9)11(2,3)4/h6-8H,1-4H3. The van der Waals surface area contributed by atoms with Gasteiger partial charge in [-0.05, 0) is 24.0 Å². The van der Waals surface area contributed by atoms with Crippen LogP contribution in [0.3, 0.4) is 0 Å². The lowest BCUT2D eigenvalue weighted by molar-refractivity contribution is 0.589. The zero-order chi connectivity index (χ0) is 8.48. The van der Waals surface area contributed by atoms with Crippen molar-refractivity contribution in [3.8, 4) is 0 Å².